The summed E-state index contributed by atoms with van der Waals surface area (Å²) in [5.74, 6) is 0.984. The molecule has 0 aliphatic heterocycles. The standard InChI is InChI=1S/C15H23NO/c1-4-10-16-12-14-7-5-6-8-15(14)17-11-9-13(2)3/h5-8,16H,2,4,9-12H2,1,3H3. The number of ether oxygens (including phenoxy) is 1. The average Bonchev–Trinajstić information content (AvgIpc) is 2.31. The summed E-state index contributed by atoms with van der Waals surface area (Å²) >= 11 is 0. The van der Waals surface area contributed by atoms with Gasteiger partial charge in [0, 0.05) is 18.5 Å². The van der Waals surface area contributed by atoms with Crippen molar-refractivity contribution < 1.29 is 4.74 Å². The van der Waals surface area contributed by atoms with Crippen molar-refractivity contribution >= 4 is 0 Å². The second kappa shape index (κ2) is 7.91. The lowest BCUT2D eigenvalue weighted by molar-refractivity contribution is 0.317. The Hall–Kier alpha value is -1.28. The summed E-state index contributed by atoms with van der Waals surface area (Å²) in [4.78, 5) is 0. The molecule has 0 unspecified atom stereocenters. The van der Waals surface area contributed by atoms with Gasteiger partial charge >= 0.3 is 0 Å². The van der Waals surface area contributed by atoms with Crippen LogP contribution in [0.25, 0.3) is 0 Å². The number of hydrogen-bond donors (Lipinski definition) is 1. The number of nitrogens with one attached hydrogen (secondary N) is 1. The van der Waals surface area contributed by atoms with Gasteiger partial charge in [-0.1, -0.05) is 30.7 Å². The lowest BCUT2D eigenvalue weighted by Gasteiger charge is -2.11. The van der Waals surface area contributed by atoms with Crippen LogP contribution in [-0.4, -0.2) is 13.2 Å². The molecule has 0 aliphatic rings. The molecular formula is C15H23NO. The Morgan fingerprint density at radius 1 is 1.35 bits per heavy atom. The van der Waals surface area contributed by atoms with Gasteiger partial charge in [0.2, 0.25) is 0 Å². The molecule has 2 heteroatoms. The smallest absolute Gasteiger partial charge is 0.123 e. The van der Waals surface area contributed by atoms with Gasteiger partial charge < -0.3 is 10.1 Å². The highest BCUT2D eigenvalue weighted by atomic mass is 16.5. The molecule has 0 aromatic heterocycles. The summed E-state index contributed by atoms with van der Waals surface area (Å²) in [5.41, 5.74) is 2.38. The molecular weight excluding hydrogens is 210 g/mol. The molecule has 0 fully saturated rings. The maximum atomic E-state index is 5.78. The van der Waals surface area contributed by atoms with Crippen molar-refractivity contribution in [3.8, 4) is 5.75 Å². The average molecular weight is 233 g/mol. The van der Waals surface area contributed by atoms with E-state index in [2.05, 4.69) is 31.0 Å². The monoisotopic (exact) mass is 233 g/mol. The largest absolute Gasteiger partial charge is 0.493 e. The highest BCUT2D eigenvalue weighted by Gasteiger charge is 2.01. The van der Waals surface area contributed by atoms with Gasteiger partial charge in [-0.25, -0.2) is 0 Å². The van der Waals surface area contributed by atoms with Crippen LogP contribution < -0.4 is 10.1 Å². The Morgan fingerprint density at radius 2 is 2.12 bits per heavy atom. The minimum Gasteiger partial charge on any atom is -0.493 e. The SMILES string of the molecule is C=C(C)CCOc1ccccc1CNCCC. The first-order valence-corrected chi connectivity index (χ1v) is 6.30. The van der Waals surface area contributed by atoms with Crippen molar-refractivity contribution in [2.75, 3.05) is 13.2 Å². The molecule has 1 aromatic rings. The maximum absolute atomic E-state index is 5.78. The van der Waals surface area contributed by atoms with Crippen LogP contribution in [0.3, 0.4) is 0 Å². The Balaban J connectivity index is 2.48. The molecule has 94 valence electrons. The van der Waals surface area contributed by atoms with E-state index in [1.165, 1.54) is 5.56 Å². The summed E-state index contributed by atoms with van der Waals surface area (Å²) in [5, 5.41) is 3.39. The fourth-order valence-corrected chi connectivity index (χ4v) is 1.53. The number of para-hydroxylation sites is 1. The topological polar surface area (TPSA) is 21.3 Å². The number of rotatable bonds is 8. The van der Waals surface area contributed by atoms with Crippen LogP contribution in [0.1, 0.15) is 32.3 Å². The first-order chi connectivity index (χ1) is 8.24. The molecule has 0 aliphatic carbocycles. The van der Waals surface area contributed by atoms with Crippen LogP contribution in [0.15, 0.2) is 36.4 Å². The Morgan fingerprint density at radius 3 is 2.82 bits per heavy atom. The van der Waals surface area contributed by atoms with E-state index in [-0.39, 0.29) is 0 Å². The number of hydrogen-bond acceptors (Lipinski definition) is 2. The fraction of sp³-hybridized carbons (Fsp3) is 0.467. The lowest BCUT2D eigenvalue weighted by Crippen LogP contribution is -2.14. The first kappa shape index (κ1) is 13.8. The van der Waals surface area contributed by atoms with Gasteiger partial charge in [0.05, 0.1) is 6.61 Å². The zero-order valence-corrected chi connectivity index (χ0v) is 11.0. The molecule has 1 rings (SSSR count). The molecule has 0 radical (unpaired) electrons. The highest BCUT2D eigenvalue weighted by Crippen LogP contribution is 2.18. The van der Waals surface area contributed by atoms with E-state index in [9.17, 15) is 0 Å². The van der Waals surface area contributed by atoms with Crippen molar-refractivity contribution in [2.24, 2.45) is 0 Å². The number of benzene rings is 1. The zero-order chi connectivity index (χ0) is 12.5. The van der Waals surface area contributed by atoms with E-state index in [1.807, 2.05) is 19.1 Å². The second-order valence-corrected chi connectivity index (χ2v) is 4.34. The van der Waals surface area contributed by atoms with Crippen LogP contribution in [0.4, 0.5) is 0 Å². The maximum Gasteiger partial charge on any atom is 0.123 e. The molecule has 2 nitrogen and oxygen atoms in total. The van der Waals surface area contributed by atoms with E-state index in [1.54, 1.807) is 0 Å². The predicted octanol–water partition coefficient (Wildman–Crippen LogP) is 3.53. The zero-order valence-electron chi connectivity index (χ0n) is 11.0. The van der Waals surface area contributed by atoms with E-state index in [0.717, 1.165) is 37.3 Å². The fourth-order valence-electron chi connectivity index (χ4n) is 1.53. The van der Waals surface area contributed by atoms with Gasteiger partial charge in [0.15, 0.2) is 0 Å². The first-order valence-electron chi connectivity index (χ1n) is 6.30. The Labute approximate surface area is 105 Å². The predicted molar refractivity (Wildman–Crippen MR) is 73.4 cm³/mol. The second-order valence-electron chi connectivity index (χ2n) is 4.34. The van der Waals surface area contributed by atoms with Gasteiger partial charge in [0.1, 0.15) is 5.75 Å². The van der Waals surface area contributed by atoms with Gasteiger partial charge in [-0.3, -0.25) is 0 Å². The molecule has 1 aromatic carbocycles. The van der Waals surface area contributed by atoms with Crippen molar-refractivity contribution in [3.05, 3.63) is 42.0 Å². The molecule has 1 N–H and O–H groups in total. The van der Waals surface area contributed by atoms with E-state index >= 15 is 0 Å². The van der Waals surface area contributed by atoms with E-state index in [0.29, 0.717) is 6.61 Å². The third kappa shape index (κ3) is 5.55. The van der Waals surface area contributed by atoms with Crippen LogP contribution in [0.5, 0.6) is 5.75 Å². The summed E-state index contributed by atoms with van der Waals surface area (Å²) in [6.45, 7) is 10.7. The normalized spacial score (nSPS) is 10.2. The van der Waals surface area contributed by atoms with Crippen molar-refractivity contribution in [3.63, 3.8) is 0 Å². The highest BCUT2D eigenvalue weighted by molar-refractivity contribution is 5.33. The van der Waals surface area contributed by atoms with Crippen molar-refractivity contribution in [2.45, 2.75) is 33.2 Å². The third-order valence-electron chi connectivity index (χ3n) is 2.50. The van der Waals surface area contributed by atoms with Crippen LogP contribution in [0, 0.1) is 0 Å². The molecule has 17 heavy (non-hydrogen) atoms. The Kier molecular flexibility index (Phi) is 6.41. The van der Waals surface area contributed by atoms with E-state index in [4.69, 9.17) is 4.74 Å². The van der Waals surface area contributed by atoms with Crippen LogP contribution in [0.2, 0.25) is 0 Å². The van der Waals surface area contributed by atoms with Gasteiger partial charge in [0.25, 0.3) is 0 Å². The molecule has 0 spiro atoms. The molecule has 0 bridgehead atoms. The molecule has 0 saturated heterocycles. The summed E-state index contributed by atoms with van der Waals surface area (Å²) in [6.07, 6.45) is 2.06. The summed E-state index contributed by atoms with van der Waals surface area (Å²) in [7, 11) is 0. The summed E-state index contributed by atoms with van der Waals surface area (Å²) < 4.78 is 5.78. The van der Waals surface area contributed by atoms with Gasteiger partial charge in [-0.2, -0.15) is 0 Å². The van der Waals surface area contributed by atoms with Gasteiger partial charge in [-0.15, -0.1) is 6.58 Å². The lowest BCUT2D eigenvalue weighted by atomic mass is 10.2. The van der Waals surface area contributed by atoms with Gasteiger partial charge in [-0.05, 0) is 26.0 Å². The van der Waals surface area contributed by atoms with Crippen LogP contribution >= 0.6 is 0 Å². The van der Waals surface area contributed by atoms with Crippen molar-refractivity contribution in [1.29, 1.82) is 0 Å². The summed E-state index contributed by atoms with van der Waals surface area (Å²) in [6, 6.07) is 8.20. The minimum absolute atomic E-state index is 0.708. The molecule has 0 saturated carbocycles. The minimum atomic E-state index is 0.708. The molecule has 0 atom stereocenters. The van der Waals surface area contributed by atoms with Crippen LogP contribution in [-0.2, 0) is 6.54 Å². The van der Waals surface area contributed by atoms with E-state index < -0.39 is 0 Å². The Bertz CT molecular complexity index is 347. The third-order valence-corrected chi connectivity index (χ3v) is 2.50. The van der Waals surface area contributed by atoms with Crippen molar-refractivity contribution in [1.82, 2.24) is 5.32 Å². The molecule has 0 heterocycles. The molecule has 0 amide bonds. The quantitative estimate of drug-likeness (QED) is 0.548.